The largest absolute Gasteiger partial charge is 0.468 e. The van der Waals surface area contributed by atoms with Crippen molar-refractivity contribution in [1.29, 1.82) is 0 Å². The summed E-state index contributed by atoms with van der Waals surface area (Å²) < 4.78 is 10.1. The number of hydrogen-bond donors (Lipinski definition) is 0. The third-order valence-electron chi connectivity index (χ3n) is 7.07. The summed E-state index contributed by atoms with van der Waals surface area (Å²) >= 11 is 0. The zero-order valence-electron chi connectivity index (χ0n) is 17.1. The summed E-state index contributed by atoms with van der Waals surface area (Å²) in [5.41, 5.74) is 3.65. The van der Waals surface area contributed by atoms with Gasteiger partial charge in [-0.2, -0.15) is 0 Å². The Balaban J connectivity index is 1.93. The molecule has 2 aromatic rings. The molecular formula is C25H28O4. The highest BCUT2D eigenvalue weighted by atomic mass is 16.5. The van der Waals surface area contributed by atoms with Gasteiger partial charge < -0.3 is 9.47 Å². The molecule has 0 radical (unpaired) electrons. The van der Waals surface area contributed by atoms with Crippen molar-refractivity contribution in [3.63, 3.8) is 0 Å². The summed E-state index contributed by atoms with van der Waals surface area (Å²) in [5, 5.41) is 0. The molecule has 0 amide bonds. The van der Waals surface area contributed by atoms with Crippen LogP contribution in [0.2, 0.25) is 0 Å². The highest BCUT2D eigenvalue weighted by Gasteiger charge is 2.55. The van der Waals surface area contributed by atoms with Crippen LogP contribution in [0.25, 0.3) is 0 Å². The molecule has 0 saturated heterocycles. The first-order chi connectivity index (χ1) is 14.1. The van der Waals surface area contributed by atoms with Crippen LogP contribution in [-0.4, -0.2) is 26.2 Å². The van der Waals surface area contributed by atoms with Crippen LogP contribution in [0.5, 0.6) is 0 Å². The zero-order valence-corrected chi connectivity index (χ0v) is 17.1. The normalized spacial score (nSPS) is 25.6. The standard InChI is InChI=1S/C25H28O4/c1-28-23(26)22(24(27)29-2)19-16-17-10-6-7-13-20(17)25(15-9-8-14-21(19)25)18-11-4-3-5-12-18/h3-7,10-13,19,21-22H,8-9,14-16H2,1-2H3/t19-,21+,25+/m1/s1. The Morgan fingerprint density at radius 1 is 0.931 bits per heavy atom. The Bertz CT molecular complexity index is 875. The van der Waals surface area contributed by atoms with E-state index in [-0.39, 0.29) is 17.3 Å². The second kappa shape index (κ2) is 8.02. The van der Waals surface area contributed by atoms with Gasteiger partial charge in [-0.3, -0.25) is 9.59 Å². The molecule has 0 heterocycles. The molecule has 152 valence electrons. The average molecular weight is 392 g/mol. The monoisotopic (exact) mass is 392 g/mol. The van der Waals surface area contributed by atoms with Crippen LogP contribution in [0.4, 0.5) is 0 Å². The summed E-state index contributed by atoms with van der Waals surface area (Å²) in [7, 11) is 2.70. The van der Waals surface area contributed by atoms with E-state index in [1.165, 1.54) is 30.9 Å². The molecule has 2 aromatic carbocycles. The predicted molar refractivity (Wildman–Crippen MR) is 110 cm³/mol. The molecule has 2 aliphatic rings. The topological polar surface area (TPSA) is 52.6 Å². The van der Waals surface area contributed by atoms with Gasteiger partial charge in [0.05, 0.1) is 14.2 Å². The highest BCUT2D eigenvalue weighted by Crippen LogP contribution is 2.57. The lowest BCUT2D eigenvalue weighted by Gasteiger charge is -2.53. The van der Waals surface area contributed by atoms with Gasteiger partial charge in [-0.1, -0.05) is 67.4 Å². The molecule has 0 N–H and O–H groups in total. The van der Waals surface area contributed by atoms with Crippen molar-refractivity contribution in [3.8, 4) is 0 Å². The number of esters is 2. The van der Waals surface area contributed by atoms with E-state index in [0.717, 1.165) is 25.7 Å². The Morgan fingerprint density at radius 3 is 2.28 bits per heavy atom. The van der Waals surface area contributed by atoms with E-state index in [9.17, 15) is 9.59 Å². The number of rotatable bonds is 4. The second-order valence-corrected chi connectivity index (χ2v) is 8.24. The molecule has 1 saturated carbocycles. The number of benzene rings is 2. The third kappa shape index (κ3) is 3.15. The van der Waals surface area contributed by atoms with Crippen molar-refractivity contribution in [3.05, 3.63) is 71.3 Å². The number of ether oxygens (including phenoxy) is 2. The van der Waals surface area contributed by atoms with Crippen LogP contribution in [-0.2, 0) is 30.9 Å². The summed E-state index contributed by atoms with van der Waals surface area (Å²) in [6.07, 6.45) is 4.92. The van der Waals surface area contributed by atoms with Gasteiger partial charge in [-0.25, -0.2) is 0 Å². The number of fused-ring (bicyclic) bond motifs is 3. The van der Waals surface area contributed by atoms with Crippen LogP contribution < -0.4 is 0 Å². The van der Waals surface area contributed by atoms with Crippen molar-refractivity contribution >= 4 is 11.9 Å². The smallest absolute Gasteiger partial charge is 0.320 e. The van der Waals surface area contributed by atoms with Gasteiger partial charge in [-0.15, -0.1) is 0 Å². The van der Waals surface area contributed by atoms with E-state index in [4.69, 9.17) is 9.47 Å². The number of carbonyl (C=O) groups is 2. The van der Waals surface area contributed by atoms with Crippen LogP contribution in [0.1, 0.15) is 42.4 Å². The molecule has 2 aliphatic carbocycles. The van der Waals surface area contributed by atoms with Gasteiger partial charge in [0.2, 0.25) is 0 Å². The molecule has 0 bridgehead atoms. The summed E-state index contributed by atoms with van der Waals surface area (Å²) in [4.78, 5) is 25.4. The van der Waals surface area contributed by atoms with E-state index in [1.807, 2.05) is 12.1 Å². The second-order valence-electron chi connectivity index (χ2n) is 8.24. The predicted octanol–water partition coefficient (Wildman–Crippen LogP) is 4.30. The van der Waals surface area contributed by atoms with E-state index in [2.05, 4.69) is 42.5 Å². The number of methoxy groups -OCH3 is 2. The lowest BCUT2D eigenvalue weighted by atomic mass is 9.50. The minimum absolute atomic E-state index is 0.148. The van der Waals surface area contributed by atoms with Gasteiger partial charge in [0.1, 0.15) is 0 Å². The molecular weight excluding hydrogens is 364 g/mol. The first-order valence-corrected chi connectivity index (χ1v) is 10.4. The van der Waals surface area contributed by atoms with E-state index < -0.39 is 17.9 Å². The van der Waals surface area contributed by atoms with Gasteiger partial charge >= 0.3 is 11.9 Å². The molecule has 0 unspecified atom stereocenters. The minimum atomic E-state index is -0.899. The van der Waals surface area contributed by atoms with Gasteiger partial charge in [-0.05, 0) is 47.8 Å². The number of carbonyl (C=O) groups excluding carboxylic acids is 2. The fourth-order valence-corrected chi connectivity index (χ4v) is 5.94. The maximum Gasteiger partial charge on any atom is 0.320 e. The van der Waals surface area contributed by atoms with Crippen LogP contribution in [0.15, 0.2) is 54.6 Å². The quantitative estimate of drug-likeness (QED) is 0.575. The Kier molecular flexibility index (Phi) is 5.44. The van der Waals surface area contributed by atoms with E-state index in [1.54, 1.807) is 0 Å². The van der Waals surface area contributed by atoms with Crippen molar-refractivity contribution in [2.45, 2.75) is 37.5 Å². The summed E-state index contributed by atoms with van der Waals surface area (Å²) in [6, 6.07) is 19.1. The van der Waals surface area contributed by atoms with Crippen molar-refractivity contribution in [2.24, 2.45) is 17.8 Å². The third-order valence-corrected chi connectivity index (χ3v) is 7.07. The van der Waals surface area contributed by atoms with E-state index >= 15 is 0 Å². The summed E-state index contributed by atoms with van der Waals surface area (Å²) in [5.74, 6) is -1.85. The average Bonchev–Trinajstić information content (AvgIpc) is 2.79. The first-order valence-electron chi connectivity index (χ1n) is 10.4. The maximum absolute atomic E-state index is 12.7. The van der Waals surface area contributed by atoms with Crippen molar-refractivity contribution in [1.82, 2.24) is 0 Å². The SMILES string of the molecule is COC(=O)C(C(=O)OC)[C@@H]1Cc2ccccc2[C@@]2(c3ccccc3)CCCC[C@@H]12. The van der Waals surface area contributed by atoms with Crippen molar-refractivity contribution in [2.75, 3.05) is 14.2 Å². The fourth-order valence-electron chi connectivity index (χ4n) is 5.94. The summed E-state index contributed by atoms with van der Waals surface area (Å²) in [6.45, 7) is 0. The molecule has 1 fully saturated rings. The van der Waals surface area contributed by atoms with Gasteiger partial charge in [0.25, 0.3) is 0 Å². The minimum Gasteiger partial charge on any atom is -0.468 e. The fraction of sp³-hybridized carbons (Fsp3) is 0.440. The molecule has 4 rings (SSSR count). The maximum atomic E-state index is 12.7. The van der Waals surface area contributed by atoms with E-state index in [0.29, 0.717) is 6.42 Å². The van der Waals surface area contributed by atoms with Gasteiger partial charge in [0, 0.05) is 5.41 Å². The molecule has 0 aromatic heterocycles. The molecule has 3 atom stereocenters. The molecule has 29 heavy (non-hydrogen) atoms. The first kappa shape index (κ1) is 19.7. The Hall–Kier alpha value is -2.62. The van der Waals surface area contributed by atoms with Crippen molar-refractivity contribution < 1.29 is 19.1 Å². The lowest BCUT2D eigenvalue weighted by Crippen LogP contribution is -2.52. The molecule has 0 spiro atoms. The Morgan fingerprint density at radius 2 is 1.59 bits per heavy atom. The van der Waals surface area contributed by atoms with Gasteiger partial charge in [0.15, 0.2) is 5.92 Å². The molecule has 0 aliphatic heterocycles. The zero-order chi connectivity index (χ0) is 20.4. The molecule has 4 heteroatoms. The Labute approximate surface area is 172 Å². The highest BCUT2D eigenvalue weighted by molar-refractivity contribution is 5.95. The van der Waals surface area contributed by atoms with Crippen LogP contribution >= 0.6 is 0 Å². The number of hydrogen-bond acceptors (Lipinski definition) is 4. The molecule has 4 nitrogen and oxygen atoms in total. The lowest BCUT2D eigenvalue weighted by molar-refractivity contribution is -0.163. The van der Waals surface area contributed by atoms with Crippen LogP contribution in [0.3, 0.4) is 0 Å². The van der Waals surface area contributed by atoms with Crippen LogP contribution in [0, 0.1) is 17.8 Å².